The van der Waals surface area contributed by atoms with Crippen LogP contribution in [-0.4, -0.2) is 61.8 Å². The normalized spacial score (nSPS) is 19.7. The zero-order valence-corrected chi connectivity index (χ0v) is 18.6. The van der Waals surface area contributed by atoms with Crippen LogP contribution in [0.4, 0.5) is 13.2 Å². The van der Waals surface area contributed by atoms with Crippen molar-refractivity contribution in [2.45, 2.75) is 11.9 Å². The number of ether oxygens (including phenoxy) is 2. The summed E-state index contributed by atoms with van der Waals surface area (Å²) in [6.45, 7) is 3.82. The van der Waals surface area contributed by atoms with Gasteiger partial charge in [0.25, 0.3) is 5.91 Å². The molecule has 2 N–H and O–H groups in total. The minimum absolute atomic E-state index is 0.00516. The van der Waals surface area contributed by atoms with Gasteiger partial charge in [-0.05, 0) is 29.8 Å². The van der Waals surface area contributed by atoms with E-state index in [0.29, 0.717) is 16.7 Å². The van der Waals surface area contributed by atoms with Gasteiger partial charge >= 0.3 is 6.36 Å². The van der Waals surface area contributed by atoms with E-state index < -0.39 is 23.6 Å². The Morgan fingerprint density at radius 2 is 2.00 bits per heavy atom. The Labute approximate surface area is 193 Å². The molecule has 2 aliphatic rings. The zero-order valence-electron chi connectivity index (χ0n) is 18.6. The summed E-state index contributed by atoms with van der Waals surface area (Å²) in [7, 11) is 4.85. The molecule has 0 saturated carbocycles. The molecule has 2 aromatic carbocycles. The number of fused-ring (bicyclic) bond motifs is 4. The highest BCUT2D eigenvalue weighted by atomic mass is 19.4. The van der Waals surface area contributed by atoms with Gasteiger partial charge in [-0.3, -0.25) is 14.7 Å². The molecule has 1 amide bonds. The Balaban J connectivity index is 1.95. The summed E-state index contributed by atoms with van der Waals surface area (Å²) >= 11 is 0. The first-order chi connectivity index (χ1) is 16.0. The number of nitrogens with zero attached hydrogens (tertiary/aromatic N) is 4. The number of hydrogen-bond acceptors (Lipinski definition) is 6. The molecule has 8 nitrogen and oxygen atoms in total. The molecule has 0 aromatic heterocycles. The van der Waals surface area contributed by atoms with E-state index >= 15 is 0 Å². The van der Waals surface area contributed by atoms with Crippen LogP contribution in [0.1, 0.15) is 16.7 Å². The minimum Gasteiger partial charge on any atom is -0.456 e. The molecule has 0 saturated heterocycles. The molecule has 4 rings (SSSR count). The van der Waals surface area contributed by atoms with Crippen molar-refractivity contribution in [3.05, 3.63) is 59.3 Å². The van der Waals surface area contributed by atoms with E-state index in [0.717, 1.165) is 12.1 Å². The van der Waals surface area contributed by atoms with E-state index in [1.165, 1.54) is 18.0 Å². The Bertz CT molecular complexity index is 1300. The van der Waals surface area contributed by atoms with Gasteiger partial charge in [0, 0.05) is 37.5 Å². The molecule has 0 aliphatic carbocycles. The molecule has 0 radical (unpaired) electrons. The number of likely N-dealkylation sites (N-methyl/N-ethyl adjacent to an activating group) is 1. The van der Waals surface area contributed by atoms with Crippen molar-refractivity contribution in [2.75, 3.05) is 21.1 Å². The molecule has 2 heterocycles. The number of carbonyl (C=O) groups is 1. The molecule has 1 atom stereocenters. The lowest BCUT2D eigenvalue weighted by atomic mass is 9.79. The summed E-state index contributed by atoms with van der Waals surface area (Å²) in [5.74, 6) is -0.739. The monoisotopic (exact) mass is 472 g/mol. The lowest BCUT2D eigenvalue weighted by Gasteiger charge is -2.34. The highest BCUT2D eigenvalue weighted by Gasteiger charge is 2.54. The van der Waals surface area contributed by atoms with Gasteiger partial charge in [-0.1, -0.05) is 6.07 Å². The number of benzene rings is 2. The van der Waals surface area contributed by atoms with Crippen LogP contribution in [0.5, 0.6) is 17.2 Å². The van der Waals surface area contributed by atoms with Crippen LogP contribution >= 0.6 is 0 Å². The number of amides is 1. The van der Waals surface area contributed by atoms with Crippen LogP contribution in [0.2, 0.25) is 0 Å². The number of allylic oxidation sites excluding steroid dienone is 1. The molecule has 34 heavy (non-hydrogen) atoms. The predicted molar refractivity (Wildman–Crippen MR) is 121 cm³/mol. The first-order valence-corrected chi connectivity index (χ1v) is 10.00. The third-order valence-electron chi connectivity index (χ3n) is 5.37. The Morgan fingerprint density at radius 3 is 2.59 bits per heavy atom. The highest BCUT2D eigenvalue weighted by molar-refractivity contribution is 6.11. The first kappa shape index (κ1) is 23.0. The van der Waals surface area contributed by atoms with Gasteiger partial charge in [0.1, 0.15) is 31.0 Å². The second-order valence-corrected chi connectivity index (χ2v) is 7.79. The number of hydrogen-bond donors (Lipinski definition) is 1. The summed E-state index contributed by atoms with van der Waals surface area (Å²) < 4.78 is 49.8. The van der Waals surface area contributed by atoms with Gasteiger partial charge < -0.3 is 15.2 Å². The molecule has 176 valence electrons. The topological polar surface area (TPSA) is 92.5 Å². The van der Waals surface area contributed by atoms with Gasteiger partial charge in [0.05, 0.1) is 5.57 Å². The average molecular weight is 472 g/mol. The maximum absolute atomic E-state index is 13.5. The van der Waals surface area contributed by atoms with Crippen molar-refractivity contribution < 1.29 is 32.0 Å². The smallest absolute Gasteiger partial charge is 0.456 e. The van der Waals surface area contributed by atoms with Gasteiger partial charge in [-0.15, -0.1) is 13.2 Å². The van der Waals surface area contributed by atoms with Crippen molar-refractivity contribution in [1.82, 2.24) is 4.90 Å². The summed E-state index contributed by atoms with van der Waals surface area (Å²) in [4.78, 5) is 23.3. The van der Waals surface area contributed by atoms with E-state index in [4.69, 9.17) is 10.5 Å². The van der Waals surface area contributed by atoms with Crippen LogP contribution in [0.3, 0.4) is 0 Å². The molecule has 1 spiro atoms. The van der Waals surface area contributed by atoms with Crippen LogP contribution in [-0.2, 0) is 10.3 Å². The van der Waals surface area contributed by atoms with Crippen molar-refractivity contribution in [3.8, 4) is 17.2 Å². The number of guanidine groups is 1. The number of rotatable bonds is 4. The summed E-state index contributed by atoms with van der Waals surface area (Å²) in [6, 6.07) is 8.59. The van der Waals surface area contributed by atoms with Crippen LogP contribution in [0.15, 0.2) is 52.6 Å². The average Bonchev–Trinajstić information content (AvgIpc) is 2.96. The number of halogens is 3. The second kappa shape index (κ2) is 8.01. The Hall–Kier alpha value is -4.15. The molecular weight excluding hydrogens is 451 g/mol. The van der Waals surface area contributed by atoms with E-state index in [2.05, 4.69) is 21.4 Å². The molecule has 0 fully saturated rings. The Kier molecular flexibility index (Phi) is 5.42. The molecule has 0 bridgehead atoms. The lowest BCUT2D eigenvalue weighted by molar-refractivity contribution is -0.410. The number of alkyl halides is 3. The van der Waals surface area contributed by atoms with Crippen molar-refractivity contribution >= 4 is 30.4 Å². The van der Waals surface area contributed by atoms with Crippen molar-refractivity contribution in [1.29, 1.82) is 0 Å². The SMILES string of the molecule is C=[N+](C)C=C(C=NC)c1ccc2c(c1)C1(N=C(N)N(C)C1=O)c1ccc(OC(F)(F)F)cc1O2. The van der Waals surface area contributed by atoms with E-state index in [-0.39, 0.29) is 23.0 Å². The quantitative estimate of drug-likeness (QED) is 0.547. The minimum atomic E-state index is -4.88. The molecule has 2 aliphatic heterocycles. The molecular formula is C23H21F3N5O3+. The van der Waals surface area contributed by atoms with Crippen LogP contribution in [0, 0.1) is 0 Å². The van der Waals surface area contributed by atoms with E-state index in [9.17, 15) is 18.0 Å². The number of carbonyl (C=O) groups excluding carboxylic acids is 1. The second-order valence-electron chi connectivity index (χ2n) is 7.79. The van der Waals surface area contributed by atoms with Crippen LogP contribution < -0.4 is 15.2 Å². The van der Waals surface area contributed by atoms with Gasteiger partial charge in [-0.2, -0.15) is 0 Å². The zero-order chi connectivity index (χ0) is 24.8. The summed E-state index contributed by atoms with van der Waals surface area (Å²) in [6.07, 6.45) is -1.50. The molecule has 1 unspecified atom stereocenters. The maximum Gasteiger partial charge on any atom is 0.573 e. The van der Waals surface area contributed by atoms with Crippen LogP contribution in [0.25, 0.3) is 5.57 Å². The first-order valence-electron chi connectivity index (χ1n) is 10.00. The fraction of sp³-hybridized carbons (Fsp3) is 0.217. The maximum atomic E-state index is 13.5. The van der Waals surface area contributed by atoms with Gasteiger partial charge in [0.2, 0.25) is 5.54 Å². The molecule has 11 heteroatoms. The van der Waals surface area contributed by atoms with Crippen molar-refractivity contribution in [3.63, 3.8) is 0 Å². The van der Waals surface area contributed by atoms with E-state index in [1.807, 2.05) is 0 Å². The fourth-order valence-electron chi connectivity index (χ4n) is 3.98. The van der Waals surface area contributed by atoms with Gasteiger partial charge in [-0.25, -0.2) is 9.57 Å². The van der Waals surface area contributed by atoms with E-state index in [1.54, 1.807) is 49.3 Å². The third-order valence-corrected chi connectivity index (χ3v) is 5.37. The third kappa shape index (κ3) is 3.78. The number of aliphatic imine (C=N–C) groups is 2. The number of nitrogens with two attached hydrogens (primary N) is 1. The lowest BCUT2D eigenvalue weighted by Crippen LogP contribution is -2.42. The fourth-order valence-corrected chi connectivity index (χ4v) is 3.98. The highest BCUT2D eigenvalue weighted by Crippen LogP contribution is 2.53. The predicted octanol–water partition coefficient (Wildman–Crippen LogP) is 3.11. The summed E-state index contributed by atoms with van der Waals surface area (Å²) in [5, 5.41) is 0. The summed E-state index contributed by atoms with van der Waals surface area (Å²) in [5.41, 5.74) is 6.40. The standard InChI is InChI=1S/C23H21F3N5O3/c1-28-11-14(12-30(2)3)13-5-8-18-17(9-13)22(20(32)31(4)21(27)29-22)16-7-6-15(10-19(16)33-18)34-23(24,25)26/h5-12H,2H2,1,3-4H3,(H2,27,29)/q+1. The Morgan fingerprint density at radius 1 is 1.26 bits per heavy atom. The van der Waals surface area contributed by atoms with Crippen molar-refractivity contribution in [2.24, 2.45) is 15.7 Å². The van der Waals surface area contributed by atoms with Gasteiger partial charge in [0.15, 0.2) is 12.2 Å². The molecule has 2 aromatic rings. The largest absolute Gasteiger partial charge is 0.573 e.